The second-order valence-corrected chi connectivity index (χ2v) is 4.63. The van der Waals surface area contributed by atoms with Gasteiger partial charge in [0.2, 0.25) is 0 Å². The summed E-state index contributed by atoms with van der Waals surface area (Å²) in [4.78, 5) is 15.8. The Labute approximate surface area is 111 Å². The topological polar surface area (TPSA) is 58.8 Å². The highest BCUT2D eigenvalue weighted by atomic mass is 19.1. The van der Waals surface area contributed by atoms with Crippen LogP contribution in [-0.4, -0.2) is 55.5 Å². The van der Waals surface area contributed by atoms with Gasteiger partial charge in [-0.3, -0.25) is 4.79 Å². The summed E-state index contributed by atoms with van der Waals surface area (Å²) in [6, 6.07) is 4.30. The molecule has 0 aromatic heterocycles. The predicted octanol–water partition coefficient (Wildman–Crippen LogP) is 0.561. The number of nitrogens with two attached hydrogens (primary N) is 1. The SMILES string of the molecule is CN1CCN(C(=O)COc2c(N)cccc2F)CC1. The molecule has 0 unspecified atom stereocenters. The van der Waals surface area contributed by atoms with Gasteiger partial charge in [-0.05, 0) is 19.2 Å². The van der Waals surface area contributed by atoms with Crippen LogP contribution in [-0.2, 0) is 4.79 Å². The fraction of sp³-hybridized carbons (Fsp3) is 0.462. The molecule has 0 saturated carbocycles. The molecule has 1 saturated heterocycles. The van der Waals surface area contributed by atoms with E-state index in [9.17, 15) is 9.18 Å². The van der Waals surface area contributed by atoms with Gasteiger partial charge >= 0.3 is 0 Å². The molecule has 1 aliphatic rings. The third kappa shape index (κ3) is 3.35. The molecular weight excluding hydrogens is 249 g/mol. The number of hydrogen-bond acceptors (Lipinski definition) is 4. The summed E-state index contributed by atoms with van der Waals surface area (Å²) in [5, 5.41) is 0. The number of anilines is 1. The van der Waals surface area contributed by atoms with Crippen LogP contribution in [0, 0.1) is 5.82 Å². The Balaban J connectivity index is 1.90. The van der Waals surface area contributed by atoms with E-state index in [-0.39, 0.29) is 24.0 Å². The maximum absolute atomic E-state index is 13.5. The fourth-order valence-corrected chi connectivity index (χ4v) is 1.96. The standard InChI is InChI=1S/C13H18FN3O2/c1-16-5-7-17(8-6-16)12(18)9-19-13-10(14)3-2-4-11(13)15/h2-4H,5-9,15H2,1H3. The summed E-state index contributed by atoms with van der Waals surface area (Å²) in [6.45, 7) is 2.84. The Morgan fingerprint density at radius 1 is 1.37 bits per heavy atom. The normalized spacial score (nSPS) is 16.4. The van der Waals surface area contributed by atoms with Crippen LogP contribution in [0.2, 0.25) is 0 Å². The van der Waals surface area contributed by atoms with E-state index in [4.69, 9.17) is 10.5 Å². The molecule has 1 aromatic carbocycles. The quantitative estimate of drug-likeness (QED) is 0.813. The molecule has 0 atom stereocenters. The van der Waals surface area contributed by atoms with E-state index in [0.717, 1.165) is 13.1 Å². The summed E-state index contributed by atoms with van der Waals surface area (Å²) < 4.78 is 18.7. The zero-order valence-corrected chi connectivity index (χ0v) is 10.9. The number of halogens is 1. The Hall–Kier alpha value is -1.82. The van der Waals surface area contributed by atoms with Crippen molar-refractivity contribution in [2.45, 2.75) is 0 Å². The first kappa shape index (κ1) is 13.6. The fourth-order valence-electron chi connectivity index (χ4n) is 1.96. The molecule has 1 amide bonds. The van der Waals surface area contributed by atoms with E-state index in [1.807, 2.05) is 7.05 Å². The second-order valence-electron chi connectivity index (χ2n) is 4.63. The van der Waals surface area contributed by atoms with Gasteiger partial charge in [0.25, 0.3) is 5.91 Å². The van der Waals surface area contributed by atoms with Crippen LogP contribution < -0.4 is 10.5 Å². The monoisotopic (exact) mass is 267 g/mol. The lowest BCUT2D eigenvalue weighted by molar-refractivity contribution is -0.134. The highest BCUT2D eigenvalue weighted by molar-refractivity contribution is 5.78. The van der Waals surface area contributed by atoms with Gasteiger partial charge in [0, 0.05) is 26.2 Å². The number of carbonyl (C=O) groups is 1. The minimum absolute atomic E-state index is 0.0509. The van der Waals surface area contributed by atoms with Gasteiger partial charge in [-0.1, -0.05) is 6.07 Å². The number of carbonyl (C=O) groups excluding carboxylic acids is 1. The lowest BCUT2D eigenvalue weighted by Crippen LogP contribution is -2.48. The molecule has 6 heteroatoms. The number of hydrogen-bond donors (Lipinski definition) is 1. The first-order chi connectivity index (χ1) is 9.08. The molecule has 2 N–H and O–H groups in total. The van der Waals surface area contributed by atoms with Crippen LogP contribution in [0.5, 0.6) is 5.75 Å². The van der Waals surface area contributed by atoms with Gasteiger partial charge in [-0.25, -0.2) is 4.39 Å². The number of nitrogen functional groups attached to an aromatic ring is 1. The summed E-state index contributed by atoms with van der Waals surface area (Å²) in [5.41, 5.74) is 5.81. The number of para-hydroxylation sites is 1. The first-order valence-corrected chi connectivity index (χ1v) is 6.21. The molecule has 0 aliphatic carbocycles. The van der Waals surface area contributed by atoms with Crippen molar-refractivity contribution in [2.24, 2.45) is 0 Å². The van der Waals surface area contributed by atoms with Crippen LogP contribution >= 0.6 is 0 Å². The van der Waals surface area contributed by atoms with Gasteiger partial charge < -0.3 is 20.3 Å². The highest BCUT2D eigenvalue weighted by Gasteiger charge is 2.20. The molecule has 1 aromatic rings. The average molecular weight is 267 g/mol. The Morgan fingerprint density at radius 3 is 2.68 bits per heavy atom. The summed E-state index contributed by atoms with van der Waals surface area (Å²) in [6.07, 6.45) is 0. The van der Waals surface area contributed by atoms with Crippen LogP contribution in [0.1, 0.15) is 0 Å². The summed E-state index contributed by atoms with van der Waals surface area (Å²) in [5.74, 6) is -0.744. The number of likely N-dealkylation sites (N-methyl/N-ethyl adjacent to an activating group) is 1. The number of rotatable bonds is 3. The molecule has 1 heterocycles. The number of amides is 1. The van der Waals surface area contributed by atoms with E-state index in [2.05, 4.69) is 4.90 Å². The Kier molecular flexibility index (Phi) is 4.21. The minimum Gasteiger partial charge on any atom is -0.479 e. The van der Waals surface area contributed by atoms with E-state index >= 15 is 0 Å². The molecule has 19 heavy (non-hydrogen) atoms. The third-order valence-corrected chi connectivity index (χ3v) is 3.19. The van der Waals surface area contributed by atoms with E-state index in [1.54, 1.807) is 11.0 Å². The van der Waals surface area contributed by atoms with Crippen molar-refractivity contribution in [2.75, 3.05) is 45.6 Å². The molecule has 5 nitrogen and oxygen atoms in total. The van der Waals surface area contributed by atoms with Crippen LogP contribution in [0.25, 0.3) is 0 Å². The van der Waals surface area contributed by atoms with Gasteiger partial charge in [0.15, 0.2) is 18.2 Å². The number of piperazine rings is 1. The van der Waals surface area contributed by atoms with Crippen LogP contribution in [0.4, 0.5) is 10.1 Å². The number of ether oxygens (including phenoxy) is 1. The first-order valence-electron chi connectivity index (χ1n) is 6.21. The zero-order chi connectivity index (χ0) is 13.8. The van der Waals surface area contributed by atoms with Crippen molar-refractivity contribution < 1.29 is 13.9 Å². The molecule has 0 bridgehead atoms. The van der Waals surface area contributed by atoms with Gasteiger partial charge in [0.1, 0.15) is 0 Å². The van der Waals surface area contributed by atoms with Crippen molar-refractivity contribution >= 4 is 11.6 Å². The molecule has 0 spiro atoms. The van der Waals surface area contributed by atoms with E-state index < -0.39 is 5.82 Å². The molecule has 104 valence electrons. The number of nitrogens with zero attached hydrogens (tertiary/aromatic N) is 2. The molecule has 0 radical (unpaired) electrons. The van der Waals surface area contributed by atoms with Crippen LogP contribution in [0.3, 0.4) is 0 Å². The Bertz CT molecular complexity index is 439. The summed E-state index contributed by atoms with van der Waals surface area (Å²) >= 11 is 0. The smallest absolute Gasteiger partial charge is 0.260 e. The third-order valence-electron chi connectivity index (χ3n) is 3.19. The largest absolute Gasteiger partial charge is 0.479 e. The molecule has 1 aliphatic heterocycles. The molecular formula is C13H18FN3O2. The van der Waals surface area contributed by atoms with Crippen LogP contribution in [0.15, 0.2) is 18.2 Å². The van der Waals surface area contributed by atoms with Crippen molar-refractivity contribution in [1.82, 2.24) is 9.80 Å². The predicted molar refractivity (Wildman–Crippen MR) is 70.4 cm³/mol. The summed E-state index contributed by atoms with van der Waals surface area (Å²) in [7, 11) is 2.01. The lowest BCUT2D eigenvalue weighted by Gasteiger charge is -2.32. The van der Waals surface area contributed by atoms with Crippen molar-refractivity contribution in [1.29, 1.82) is 0 Å². The van der Waals surface area contributed by atoms with Gasteiger partial charge in [-0.15, -0.1) is 0 Å². The molecule has 1 fully saturated rings. The van der Waals surface area contributed by atoms with Crippen molar-refractivity contribution in [3.63, 3.8) is 0 Å². The van der Waals surface area contributed by atoms with Crippen molar-refractivity contribution in [3.8, 4) is 5.75 Å². The maximum atomic E-state index is 13.5. The average Bonchev–Trinajstić information content (AvgIpc) is 2.38. The molecule has 2 rings (SSSR count). The number of benzene rings is 1. The van der Waals surface area contributed by atoms with E-state index in [0.29, 0.717) is 13.1 Å². The minimum atomic E-state index is -0.550. The van der Waals surface area contributed by atoms with E-state index in [1.165, 1.54) is 12.1 Å². The van der Waals surface area contributed by atoms with Gasteiger partial charge in [-0.2, -0.15) is 0 Å². The lowest BCUT2D eigenvalue weighted by atomic mass is 10.3. The van der Waals surface area contributed by atoms with Crippen molar-refractivity contribution in [3.05, 3.63) is 24.0 Å². The van der Waals surface area contributed by atoms with Gasteiger partial charge in [0.05, 0.1) is 5.69 Å². The Morgan fingerprint density at radius 2 is 2.05 bits per heavy atom. The second kappa shape index (κ2) is 5.88. The zero-order valence-electron chi connectivity index (χ0n) is 10.9. The highest BCUT2D eigenvalue weighted by Crippen LogP contribution is 2.24. The maximum Gasteiger partial charge on any atom is 0.260 e.